The van der Waals surface area contributed by atoms with E-state index in [-0.39, 0.29) is 10.0 Å². The molecule has 0 saturated heterocycles. The zero-order valence-corrected chi connectivity index (χ0v) is 13.7. The van der Waals surface area contributed by atoms with Crippen molar-refractivity contribution in [1.82, 2.24) is 0 Å². The van der Waals surface area contributed by atoms with E-state index in [1.807, 2.05) is 0 Å². The van der Waals surface area contributed by atoms with Gasteiger partial charge >= 0.3 is 5.97 Å². The Kier molecular flexibility index (Phi) is 9.01. The molecule has 1 aromatic rings. The number of hydrogen-bond donors (Lipinski definition) is 2. The van der Waals surface area contributed by atoms with Crippen LogP contribution in [0.15, 0.2) is 12.1 Å². The molecule has 0 atom stereocenters. The SMILES string of the molecule is CC[NH+](CC)CC.O=C([O-])c1cc(Cl)c(Cl)cc1C(=O)O. The van der Waals surface area contributed by atoms with Crippen LogP contribution < -0.4 is 10.0 Å². The van der Waals surface area contributed by atoms with Gasteiger partial charge in [-0.1, -0.05) is 23.2 Å². The number of carbonyl (C=O) groups is 2. The zero-order valence-electron chi connectivity index (χ0n) is 12.2. The summed E-state index contributed by atoms with van der Waals surface area (Å²) in [5.74, 6) is -3.01. The number of benzene rings is 1. The molecule has 21 heavy (non-hydrogen) atoms. The molecular formula is C14H19Cl2NO4. The fourth-order valence-electron chi connectivity index (χ4n) is 1.64. The standard InChI is InChI=1S/C8H4Cl2O4.C6H15N/c9-5-1-3(7(11)12)4(8(13)14)2-6(5)10;1-4-7(5-2)6-3/h1-2H,(H,11,12)(H,13,14);4-6H2,1-3H3. The van der Waals surface area contributed by atoms with E-state index in [1.165, 1.54) is 19.6 Å². The molecule has 1 rings (SSSR count). The zero-order chi connectivity index (χ0) is 16.6. The third-order valence-electron chi connectivity index (χ3n) is 3.01. The van der Waals surface area contributed by atoms with Crippen molar-refractivity contribution in [3.8, 4) is 0 Å². The summed E-state index contributed by atoms with van der Waals surface area (Å²) < 4.78 is 0. The van der Waals surface area contributed by atoms with Gasteiger partial charge < -0.3 is 19.9 Å². The summed E-state index contributed by atoms with van der Waals surface area (Å²) >= 11 is 11.0. The fraction of sp³-hybridized carbons (Fsp3) is 0.429. The van der Waals surface area contributed by atoms with Gasteiger partial charge in [0.1, 0.15) is 0 Å². The monoisotopic (exact) mass is 335 g/mol. The molecule has 0 aromatic heterocycles. The molecule has 0 aliphatic rings. The van der Waals surface area contributed by atoms with E-state index < -0.39 is 23.1 Å². The molecule has 0 bridgehead atoms. The third kappa shape index (κ3) is 6.33. The summed E-state index contributed by atoms with van der Waals surface area (Å²) in [6, 6.07) is 1.92. The Balaban J connectivity index is 0.000000486. The van der Waals surface area contributed by atoms with Gasteiger partial charge in [-0.25, -0.2) is 4.79 Å². The lowest BCUT2D eigenvalue weighted by Crippen LogP contribution is -3.11. The molecule has 7 heteroatoms. The van der Waals surface area contributed by atoms with Gasteiger partial charge in [0.25, 0.3) is 0 Å². The van der Waals surface area contributed by atoms with Crippen molar-refractivity contribution in [2.75, 3.05) is 19.6 Å². The Bertz CT molecular complexity index is 457. The van der Waals surface area contributed by atoms with Crippen LogP contribution in [0.25, 0.3) is 0 Å². The Morgan fingerprint density at radius 2 is 1.43 bits per heavy atom. The van der Waals surface area contributed by atoms with E-state index >= 15 is 0 Å². The first-order valence-electron chi connectivity index (χ1n) is 6.55. The molecule has 0 saturated carbocycles. The minimum atomic E-state index is -1.61. The summed E-state index contributed by atoms with van der Waals surface area (Å²) in [7, 11) is 0. The van der Waals surface area contributed by atoms with Crippen LogP contribution in [0.2, 0.25) is 10.0 Å². The van der Waals surface area contributed by atoms with E-state index in [0.29, 0.717) is 0 Å². The van der Waals surface area contributed by atoms with Crippen LogP contribution in [-0.4, -0.2) is 36.7 Å². The van der Waals surface area contributed by atoms with Crippen LogP contribution in [0.4, 0.5) is 0 Å². The Morgan fingerprint density at radius 1 is 1.05 bits per heavy atom. The highest BCUT2D eigenvalue weighted by Crippen LogP contribution is 2.25. The lowest BCUT2D eigenvalue weighted by atomic mass is 10.1. The Morgan fingerprint density at radius 3 is 1.67 bits per heavy atom. The summed E-state index contributed by atoms with van der Waals surface area (Å²) in [5.41, 5.74) is -0.939. The maximum absolute atomic E-state index is 10.6. The van der Waals surface area contributed by atoms with Crippen molar-refractivity contribution >= 4 is 35.1 Å². The van der Waals surface area contributed by atoms with Crippen LogP contribution in [0, 0.1) is 0 Å². The first kappa shape index (κ1) is 19.7. The maximum atomic E-state index is 10.6. The van der Waals surface area contributed by atoms with Crippen molar-refractivity contribution in [3.63, 3.8) is 0 Å². The van der Waals surface area contributed by atoms with Crippen molar-refractivity contribution in [3.05, 3.63) is 33.3 Å². The smallest absolute Gasteiger partial charge is 0.336 e. The largest absolute Gasteiger partial charge is 0.545 e. The molecule has 0 amide bonds. The van der Waals surface area contributed by atoms with E-state index in [1.54, 1.807) is 4.90 Å². The first-order chi connectivity index (χ1) is 9.78. The number of carboxylic acids is 2. The van der Waals surface area contributed by atoms with Gasteiger partial charge in [0, 0.05) is 5.56 Å². The predicted molar refractivity (Wildman–Crippen MR) is 80.3 cm³/mol. The summed E-state index contributed by atoms with van der Waals surface area (Å²) in [5, 5.41) is 19.1. The van der Waals surface area contributed by atoms with Gasteiger partial charge in [0.15, 0.2) is 0 Å². The molecule has 1 aromatic carbocycles. The number of carboxylic acid groups (broad SMARTS) is 2. The minimum Gasteiger partial charge on any atom is -0.545 e. The van der Waals surface area contributed by atoms with Gasteiger partial charge in [-0.15, -0.1) is 0 Å². The van der Waals surface area contributed by atoms with E-state index in [4.69, 9.17) is 28.3 Å². The third-order valence-corrected chi connectivity index (χ3v) is 3.73. The minimum absolute atomic E-state index is 0.0194. The summed E-state index contributed by atoms with van der Waals surface area (Å²) in [6.45, 7) is 10.5. The second kappa shape index (κ2) is 9.60. The maximum Gasteiger partial charge on any atom is 0.336 e. The van der Waals surface area contributed by atoms with Crippen molar-refractivity contribution in [2.45, 2.75) is 20.8 Å². The normalized spacial score (nSPS) is 10.0. The highest BCUT2D eigenvalue weighted by atomic mass is 35.5. The topological polar surface area (TPSA) is 81.9 Å². The van der Waals surface area contributed by atoms with Crippen LogP contribution in [-0.2, 0) is 0 Å². The lowest BCUT2D eigenvalue weighted by Gasteiger charge is -2.10. The van der Waals surface area contributed by atoms with Gasteiger partial charge in [-0.3, -0.25) is 0 Å². The molecule has 0 radical (unpaired) electrons. The Labute approximate surface area is 134 Å². The average Bonchev–Trinajstić information content (AvgIpc) is 2.43. The molecule has 0 aliphatic heterocycles. The fourth-order valence-corrected chi connectivity index (χ4v) is 1.97. The number of nitrogens with one attached hydrogen (secondary N) is 1. The highest BCUT2D eigenvalue weighted by Gasteiger charge is 2.13. The van der Waals surface area contributed by atoms with Gasteiger partial charge in [0.2, 0.25) is 0 Å². The van der Waals surface area contributed by atoms with Crippen molar-refractivity contribution < 1.29 is 24.7 Å². The van der Waals surface area contributed by atoms with Gasteiger partial charge in [-0.05, 0) is 32.9 Å². The molecule has 0 fully saturated rings. The molecule has 2 N–H and O–H groups in total. The van der Waals surface area contributed by atoms with Crippen LogP contribution >= 0.6 is 23.2 Å². The van der Waals surface area contributed by atoms with Gasteiger partial charge in [-0.2, -0.15) is 0 Å². The lowest BCUT2D eigenvalue weighted by molar-refractivity contribution is -0.894. The number of carbonyl (C=O) groups excluding carboxylic acids is 1. The molecule has 5 nitrogen and oxygen atoms in total. The molecule has 0 unspecified atom stereocenters. The van der Waals surface area contributed by atoms with E-state index in [9.17, 15) is 14.7 Å². The molecule has 118 valence electrons. The highest BCUT2D eigenvalue weighted by molar-refractivity contribution is 6.42. The quantitative estimate of drug-likeness (QED) is 0.840. The summed E-state index contributed by atoms with van der Waals surface area (Å²) in [4.78, 5) is 22.8. The summed E-state index contributed by atoms with van der Waals surface area (Å²) in [6.07, 6.45) is 0. The molecular weight excluding hydrogens is 317 g/mol. The van der Waals surface area contributed by atoms with Crippen molar-refractivity contribution in [2.24, 2.45) is 0 Å². The number of rotatable bonds is 5. The van der Waals surface area contributed by atoms with E-state index in [0.717, 1.165) is 12.1 Å². The Hall–Kier alpha value is -1.30. The van der Waals surface area contributed by atoms with Crippen LogP contribution in [0.5, 0.6) is 0 Å². The molecule has 0 aliphatic carbocycles. The predicted octanol–water partition coefficient (Wildman–Crippen LogP) is 0.986. The number of aromatic carboxylic acids is 2. The number of hydrogen-bond acceptors (Lipinski definition) is 3. The van der Waals surface area contributed by atoms with Crippen LogP contribution in [0.1, 0.15) is 41.5 Å². The second-order valence-electron chi connectivity index (χ2n) is 4.22. The van der Waals surface area contributed by atoms with E-state index in [2.05, 4.69) is 20.8 Å². The first-order valence-corrected chi connectivity index (χ1v) is 7.31. The molecule has 0 heterocycles. The van der Waals surface area contributed by atoms with Crippen molar-refractivity contribution in [1.29, 1.82) is 0 Å². The molecule has 0 spiro atoms. The average molecular weight is 336 g/mol. The number of quaternary nitrogens is 1. The number of halogens is 2. The second-order valence-corrected chi connectivity index (χ2v) is 5.03. The van der Waals surface area contributed by atoms with Gasteiger partial charge in [0.05, 0.1) is 41.2 Å². The van der Waals surface area contributed by atoms with Crippen LogP contribution in [0.3, 0.4) is 0 Å².